The van der Waals surface area contributed by atoms with Gasteiger partial charge in [-0.15, -0.1) is 6.58 Å². The molecule has 0 aromatic rings. The number of ether oxygens (including phenoxy) is 1. The molecule has 0 saturated carbocycles. The van der Waals surface area contributed by atoms with E-state index in [1.54, 1.807) is 7.11 Å². The summed E-state index contributed by atoms with van der Waals surface area (Å²) in [6, 6.07) is 0.183. The van der Waals surface area contributed by atoms with Crippen LogP contribution in [-0.2, 0) is 4.74 Å². The van der Waals surface area contributed by atoms with E-state index in [4.69, 9.17) is 10.6 Å². The zero-order chi connectivity index (χ0) is 10.3. The smallest absolute Gasteiger partial charge is 0.0740 e. The van der Waals surface area contributed by atoms with Crippen molar-refractivity contribution in [1.29, 1.82) is 0 Å². The van der Waals surface area contributed by atoms with Crippen LogP contribution in [0.1, 0.15) is 33.1 Å². The molecular weight excluding hydrogens is 164 g/mol. The number of rotatable bonds is 7. The lowest BCUT2D eigenvalue weighted by molar-refractivity contribution is 0.0609. The van der Waals surface area contributed by atoms with Gasteiger partial charge in [-0.05, 0) is 19.8 Å². The summed E-state index contributed by atoms with van der Waals surface area (Å²) in [7, 11) is 1.73. The number of hydrogen-bond donors (Lipinski definition) is 2. The van der Waals surface area contributed by atoms with Crippen LogP contribution in [0.4, 0.5) is 0 Å². The normalized spacial score (nSPS) is 15.4. The number of nitrogens with one attached hydrogen (secondary N) is 1. The standard InChI is InChI=1S/C10H22N2O/c1-5-6-10(13-4)9(12-11)7-8(2)3/h9-10,12H,2,5-7,11H2,1,3-4H3. The van der Waals surface area contributed by atoms with Crippen molar-refractivity contribution < 1.29 is 4.74 Å². The maximum atomic E-state index is 5.46. The Labute approximate surface area is 81.3 Å². The molecule has 0 bridgehead atoms. The molecule has 0 aromatic carbocycles. The van der Waals surface area contributed by atoms with E-state index in [0.717, 1.165) is 24.8 Å². The second kappa shape index (κ2) is 7.06. The predicted octanol–water partition coefficient (Wildman–Crippen LogP) is 1.60. The van der Waals surface area contributed by atoms with Gasteiger partial charge in [-0.25, -0.2) is 0 Å². The van der Waals surface area contributed by atoms with Crippen LogP contribution in [0.25, 0.3) is 0 Å². The predicted molar refractivity (Wildman–Crippen MR) is 56.2 cm³/mol. The average Bonchev–Trinajstić information content (AvgIpc) is 2.10. The summed E-state index contributed by atoms with van der Waals surface area (Å²) in [6.07, 6.45) is 3.19. The highest BCUT2D eigenvalue weighted by molar-refractivity contribution is 4.94. The summed E-state index contributed by atoms with van der Waals surface area (Å²) in [6.45, 7) is 8.01. The number of hydrazine groups is 1. The van der Waals surface area contributed by atoms with Crippen molar-refractivity contribution in [3.05, 3.63) is 12.2 Å². The van der Waals surface area contributed by atoms with E-state index >= 15 is 0 Å². The van der Waals surface area contributed by atoms with Crippen molar-refractivity contribution in [2.45, 2.75) is 45.3 Å². The molecule has 3 heteroatoms. The van der Waals surface area contributed by atoms with Crippen LogP contribution in [0, 0.1) is 0 Å². The maximum Gasteiger partial charge on any atom is 0.0740 e. The first-order valence-corrected chi connectivity index (χ1v) is 4.79. The van der Waals surface area contributed by atoms with Gasteiger partial charge in [0.15, 0.2) is 0 Å². The molecule has 0 saturated heterocycles. The van der Waals surface area contributed by atoms with E-state index < -0.39 is 0 Å². The van der Waals surface area contributed by atoms with Crippen molar-refractivity contribution in [2.75, 3.05) is 7.11 Å². The molecule has 0 heterocycles. The Morgan fingerprint density at radius 3 is 2.54 bits per heavy atom. The van der Waals surface area contributed by atoms with E-state index in [1.165, 1.54) is 0 Å². The minimum Gasteiger partial charge on any atom is -0.380 e. The Balaban J connectivity index is 4.07. The first-order chi connectivity index (χ1) is 6.15. The van der Waals surface area contributed by atoms with Gasteiger partial charge in [0, 0.05) is 7.11 Å². The number of methoxy groups -OCH3 is 1. The fraction of sp³-hybridized carbons (Fsp3) is 0.800. The molecule has 0 aliphatic rings. The second-order valence-corrected chi connectivity index (χ2v) is 3.50. The molecule has 0 amide bonds. The highest BCUT2D eigenvalue weighted by Gasteiger charge is 2.18. The van der Waals surface area contributed by atoms with E-state index in [0.29, 0.717) is 0 Å². The first-order valence-electron chi connectivity index (χ1n) is 4.79. The third kappa shape index (κ3) is 5.03. The van der Waals surface area contributed by atoms with Crippen LogP contribution in [0.15, 0.2) is 12.2 Å². The lowest BCUT2D eigenvalue weighted by Gasteiger charge is -2.25. The summed E-state index contributed by atoms with van der Waals surface area (Å²) in [5, 5.41) is 0. The molecule has 0 fully saturated rings. The molecule has 78 valence electrons. The van der Waals surface area contributed by atoms with Gasteiger partial charge >= 0.3 is 0 Å². The van der Waals surface area contributed by atoms with Gasteiger partial charge < -0.3 is 4.74 Å². The van der Waals surface area contributed by atoms with Crippen LogP contribution in [0.2, 0.25) is 0 Å². The molecule has 13 heavy (non-hydrogen) atoms. The maximum absolute atomic E-state index is 5.46. The van der Waals surface area contributed by atoms with Crippen LogP contribution < -0.4 is 11.3 Å². The minimum absolute atomic E-state index is 0.183. The third-order valence-corrected chi connectivity index (χ3v) is 2.11. The molecular formula is C10H22N2O. The van der Waals surface area contributed by atoms with E-state index in [-0.39, 0.29) is 12.1 Å². The number of nitrogens with two attached hydrogens (primary N) is 1. The van der Waals surface area contributed by atoms with Crippen LogP contribution in [-0.4, -0.2) is 19.3 Å². The molecule has 0 aliphatic carbocycles. The molecule has 2 atom stereocenters. The Morgan fingerprint density at radius 1 is 1.62 bits per heavy atom. The highest BCUT2D eigenvalue weighted by Crippen LogP contribution is 2.12. The van der Waals surface area contributed by atoms with Gasteiger partial charge in [0.1, 0.15) is 0 Å². The summed E-state index contributed by atoms with van der Waals surface area (Å²) >= 11 is 0. The van der Waals surface area contributed by atoms with Crippen molar-refractivity contribution >= 4 is 0 Å². The molecule has 3 N–H and O–H groups in total. The summed E-state index contributed by atoms with van der Waals surface area (Å²) < 4.78 is 5.36. The van der Waals surface area contributed by atoms with Gasteiger partial charge in [0.2, 0.25) is 0 Å². The summed E-state index contributed by atoms with van der Waals surface area (Å²) in [5.41, 5.74) is 3.91. The van der Waals surface area contributed by atoms with Gasteiger partial charge in [-0.3, -0.25) is 11.3 Å². The van der Waals surface area contributed by atoms with Gasteiger partial charge in [-0.2, -0.15) is 0 Å². The fourth-order valence-electron chi connectivity index (χ4n) is 1.44. The molecule has 0 spiro atoms. The Kier molecular flexibility index (Phi) is 6.86. The van der Waals surface area contributed by atoms with E-state index in [9.17, 15) is 0 Å². The van der Waals surface area contributed by atoms with Crippen LogP contribution in [0.5, 0.6) is 0 Å². The Morgan fingerprint density at radius 2 is 2.23 bits per heavy atom. The van der Waals surface area contributed by atoms with Crippen LogP contribution in [0.3, 0.4) is 0 Å². The summed E-state index contributed by atoms with van der Waals surface area (Å²) in [4.78, 5) is 0. The summed E-state index contributed by atoms with van der Waals surface area (Å²) in [5.74, 6) is 5.46. The largest absolute Gasteiger partial charge is 0.380 e. The first kappa shape index (κ1) is 12.6. The minimum atomic E-state index is 0.183. The average molecular weight is 186 g/mol. The van der Waals surface area contributed by atoms with Crippen molar-refractivity contribution in [2.24, 2.45) is 5.84 Å². The molecule has 0 aromatic heterocycles. The van der Waals surface area contributed by atoms with Gasteiger partial charge in [0.25, 0.3) is 0 Å². The Hall–Kier alpha value is -0.380. The number of hydrogen-bond acceptors (Lipinski definition) is 3. The Bertz CT molecular complexity index is 148. The second-order valence-electron chi connectivity index (χ2n) is 3.50. The SMILES string of the molecule is C=C(C)CC(NN)C(CCC)OC. The van der Waals surface area contributed by atoms with E-state index in [1.807, 2.05) is 6.92 Å². The van der Waals surface area contributed by atoms with Gasteiger partial charge in [-0.1, -0.05) is 18.9 Å². The van der Waals surface area contributed by atoms with Crippen LogP contribution >= 0.6 is 0 Å². The molecule has 0 radical (unpaired) electrons. The van der Waals surface area contributed by atoms with E-state index in [2.05, 4.69) is 18.9 Å². The topological polar surface area (TPSA) is 47.3 Å². The third-order valence-electron chi connectivity index (χ3n) is 2.11. The fourth-order valence-corrected chi connectivity index (χ4v) is 1.44. The van der Waals surface area contributed by atoms with Crippen molar-refractivity contribution in [3.63, 3.8) is 0 Å². The molecule has 3 nitrogen and oxygen atoms in total. The highest BCUT2D eigenvalue weighted by atomic mass is 16.5. The lowest BCUT2D eigenvalue weighted by Crippen LogP contribution is -2.44. The van der Waals surface area contributed by atoms with Crippen molar-refractivity contribution in [3.8, 4) is 0 Å². The zero-order valence-corrected chi connectivity index (χ0v) is 8.97. The molecule has 0 aliphatic heterocycles. The molecule has 2 unspecified atom stereocenters. The van der Waals surface area contributed by atoms with Gasteiger partial charge in [0.05, 0.1) is 12.1 Å². The lowest BCUT2D eigenvalue weighted by atomic mass is 10.0. The van der Waals surface area contributed by atoms with Crippen molar-refractivity contribution in [1.82, 2.24) is 5.43 Å². The quantitative estimate of drug-likeness (QED) is 0.361. The zero-order valence-electron chi connectivity index (χ0n) is 8.97. The molecule has 0 rings (SSSR count). The monoisotopic (exact) mass is 186 g/mol.